The molecule has 0 aliphatic heterocycles. The summed E-state index contributed by atoms with van der Waals surface area (Å²) in [6.07, 6.45) is 5.28. The molecule has 5 nitrogen and oxygen atoms in total. The van der Waals surface area contributed by atoms with Gasteiger partial charge in [-0.15, -0.1) is 10.2 Å². The maximum Gasteiger partial charge on any atom is 0.169 e. The number of aromatic nitrogens is 4. The monoisotopic (exact) mass is 324 g/mol. The van der Waals surface area contributed by atoms with Crippen molar-refractivity contribution in [2.45, 2.75) is 6.92 Å². The number of halogens is 1. The molecule has 0 radical (unpaired) electrons. The summed E-state index contributed by atoms with van der Waals surface area (Å²) < 4.78 is 7.30. The lowest BCUT2D eigenvalue weighted by molar-refractivity contribution is 0.415. The first-order valence-electron chi connectivity index (χ1n) is 7.10. The van der Waals surface area contributed by atoms with Gasteiger partial charge in [-0.1, -0.05) is 17.7 Å². The van der Waals surface area contributed by atoms with Gasteiger partial charge < -0.3 is 4.74 Å². The van der Waals surface area contributed by atoms with E-state index < -0.39 is 0 Å². The first-order valence-corrected chi connectivity index (χ1v) is 7.48. The molecule has 3 aromatic heterocycles. The van der Waals surface area contributed by atoms with E-state index >= 15 is 0 Å². The summed E-state index contributed by atoms with van der Waals surface area (Å²) >= 11 is 6.57. The number of benzene rings is 1. The second-order valence-electron chi connectivity index (χ2n) is 5.29. The van der Waals surface area contributed by atoms with Gasteiger partial charge in [0.1, 0.15) is 12.1 Å². The van der Waals surface area contributed by atoms with Crippen LogP contribution in [0.25, 0.3) is 27.7 Å². The molecule has 0 spiro atoms. The quantitative estimate of drug-likeness (QED) is 0.561. The fraction of sp³-hybridized carbons (Fsp3) is 0.118. The molecular formula is C17H13ClN4O. The third kappa shape index (κ3) is 2.04. The summed E-state index contributed by atoms with van der Waals surface area (Å²) in [7, 11) is 1.61. The van der Waals surface area contributed by atoms with Gasteiger partial charge in [-0.3, -0.25) is 9.38 Å². The minimum absolute atomic E-state index is 0.570. The molecule has 3 heterocycles. The molecule has 6 heteroatoms. The topological polar surface area (TPSA) is 52.3 Å². The van der Waals surface area contributed by atoms with Crippen LogP contribution in [0.4, 0.5) is 0 Å². The molecule has 0 amide bonds. The van der Waals surface area contributed by atoms with Gasteiger partial charge in [0.25, 0.3) is 0 Å². The van der Waals surface area contributed by atoms with Crippen molar-refractivity contribution in [2.24, 2.45) is 0 Å². The molecule has 0 saturated heterocycles. The second kappa shape index (κ2) is 5.21. The average Bonchev–Trinajstić information content (AvgIpc) is 3.05. The molecule has 0 fully saturated rings. The molecular weight excluding hydrogens is 312 g/mol. The maximum atomic E-state index is 6.57. The fourth-order valence-corrected chi connectivity index (χ4v) is 3.26. The Morgan fingerprint density at radius 1 is 1.22 bits per heavy atom. The zero-order valence-electron chi connectivity index (χ0n) is 12.6. The van der Waals surface area contributed by atoms with Crippen LogP contribution < -0.4 is 4.74 Å². The lowest BCUT2D eigenvalue weighted by Gasteiger charge is -2.14. The van der Waals surface area contributed by atoms with E-state index in [0.29, 0.717) is 10.8 Å². The van der Waals surface area contributed by atoms with E-state index in [2.05, 4.69) is 15.2 Å². The van der Waals surface area contributed by atoms with Crippen LogP contribution in [-0.4, -0.2) is 26.7 Å². The van der Waals surface area contributed by atoms with E-state index in [9.17, 15) is 0 Å². The number of fused-ring (bicyclic) bond motifs is 3. The lowest BCUT2D eigenvalue weighted by atomic mass is 9.99. The molecule has 1 aromatic carbocycles. The normalized spacial score (nSPS) is 11.3. The Kier molecular flexibility index (Phi) is 3.16. The van der Waals surface area contributed by atoms with Crippen LogP contribution >= 0.6 is 11.6 Å². The van der Waals surface area contributed by atoms with Crippen LogP contribution in [-0.2, 0) is 0 Å². The molecule has 0 aliphatic carbocycles. The molecule has 0 saturated carbocycles. The Bertz CT molecular complexity index is 1040. The largest absolute Gasteiger partial charge is 0.495 e. The minimum Gasteiger partial charge on any atom is -0.495 e. The first kappa shape index (κ1) is 14.0. The highest BCUT2D eigenvalue weighted by molar-refractivity contribution is 6.35. The van der Waals surface area contributed by atoms with E-state index in [0.717, 1.165) is 33.2 Å². The standard InChI is InChI=1S/C17H13ClN4O/c1-10-3-4-14(23-2)16(18)15(10)12-7-11-8-19-6-5-13(11)22-9-20-21-17(12)22/h3-9H,1-2H3. The second-order valence-corrected chi connectivity index (χ2v) is 5.67. The molecule has 0 atom stereocenters. The lowest BCUT2D eigenvalue weighted by Crippen LogP contribution is -1.95. The third-order valence-corrected chi connectivity index (χ3v) is 4.36. The highest BCUT2D eigenvalue weighted by Gasteiger charge is 2.17. The van der Waals surface area contributed by atoms with E-state index in [1.54, 1.807) is 19.6 Å². The zero-order valence-corrected chi connectivity index (χ0v) is 13.4. The number of aryl methyl sites for hydroxylation is 1. The molecule has 114 valence electrons. The molecule has 4 aromatic rings. The first-order chi connectivity index (χ1) is 11.2. The summed E-state index contributed by atoms with van der Waals surface area (Å²) in [6, 6.07) is 7.83. The Labute approximate surface area is 137 Å². The van der Waals surface area contributed by atoms with Gasteiger partial charge in [-0.2, -0.15) is 0 Å². The summed E-state index contributed by atoms with van der Waals surface area (Å²) in [4.78, 5) is 4.21. The predicted octanol–water partition coefficient (Wildman–Crippen LogP) is 3.91. The Morgan fingerprint density at radius 3 is 2.91 bits per heavy atom. The van der Waals surface area contributed by atoms with Gasteiger partial charge in [0, 0.05) is 28.9 Å². The molecule has 4 rings (SSSR count). The minimum atomic E-state index is 0.570. The molecule has 0 bridgehead atoms. The van der Waals surface area contributed by atoms with E-state index in [1.165, 1.54) is 0 Å². The number of nitrogens with zero attached hydrogens (tertiary/aromatic N) is 4. The SMILES string of the molecule is COc1ccc(C)c(-c2cc3cnccc3n3cnnc23)c1Cl. The number of ether oxygens (including phenoxy) is 1. The van der Waals surface area contributed by atoms with Crippen molar-refractivity contribution >= 4 is 28.2 Å². The zero-order chi connectivity index (χ0) is 16.0. The predicted molar refractivity (Wildman–Crippen MR) is 90.0 cm³/mol. The molecule has 0 aliphatic rings. The van der Waals surface area contributed by atoms with Gasteiger partial charge >= 0.3 is 0 Å². The van der Waals surface area contributed by atoms with Crippen LogP contribution in [0.5, 0.6) is 5.75 Å². The molecule has 0 unspecified atom stereocenters. The summed E-state index contributed by atoms with van der Waals surface area (Å²) in [6.45, 7) is 2.01. The number of methoxy groups -OCH3 is 1. The van der Waals surface area contributed by atoms with Gasteiger partial charge in [0.15, 0.2) is 5.65 Å². The highest BCUT2D eigenvalue weighted by Crippen LogP contribution is 2.40. The van der Waals surface area contributed by atoms with Crippen molar-refractivity contribution in [3.8, 4) is 16.9 Å². The molecule has 23 heavy (non-hydrogen) atoms. The van der Waals surface area contributed by atoms with Gasteiger partial charge in [0.2, 0.25) is 0 Å². The van der Waals surface area contributed by atoms with Gasteiger partial charge in [0.05, 0.1) is 17.6 Å². The number of pyridine rings is 2. The van der Waals surface area contributed by atoms with E-state index in [-0.39, 0.29) is 0 Å². The van der Waals surface area contributed by atoms with E-state index in [4.69, 9.17) is 16.3 Å². The smallest absolute Gasteiger partial charge is 0.169 e. The van der Waals surface area contributed by atoms with Crippen molar-refractivity contribution in [3.63, 3.8) is 0 Å². The van der Waals surface area contributed by atoms with Crippen molar-refractivity contribution in [1.82, 2.24) is 19.6 Å². The van der Waals surface area contributed by atoms with E-state index in [1.807, 2.05) is 41.8 Å². The van der Waals surface area contributed by atoms with Crippen LogP contribution in [0.2, 0.25) is 5.02 Å². The van der Waals surface area contributed by atoms with Gasteiger partial charge in [-0.25, -0.2) is 0 Å². The van der Waals surface area contributed by atoms with Crippen molar-refractivity contribution in [3.05, 3.63) is 53.6 Å². The van der Waals surface area contributed by atoms with Crippen LogP contribution in [0.1, 0.15) is 5.56 Å². The van der Waals surface area contributed by atoms with Crippen molar-refractivity contribution in [1.29, 1.82) is 0 Å². The van der Waals surface area contributed by atoms with Crippen molar-refractivity contribution in [2.75, 3.05) is 7.11 Å². The van der Waals surface area contributed by atoms with Gasteiger partial charge in [-0.05, 0) is 30.7 Å². The maximum absolute atomic E-state index is 6.57. The van der Waals surface area contributed by atoms with Crippen LogP contribution in [0, 0.1) is 6.92 Å². The van der Waals surface area contributed by atoms with Crippen molar-refractivity contribution < 1.29 is 4.74 Å². The third-order valence-electron chi connectivity index (χ3n) is 3.98. The average molecular weight is 325 g/mol. The molecule has 0 N–H and O–H groups in total. The summed E-state index contributed by atoms with van der Waals surface area (Å²) in [5, 5.41) is 9.90. The summed E-state index contributed by atoms with van der Waals surface area (Å²) in [5.74, 6) is 0.635. The summed E-state index contributed by atoms with van der Waals surface area (Å²) in [5.41, 5.74) is 4.60. The fourth-order valence-electron chi connectivity index (χ4n) is 2.87. The highest BCUT2D eigenvalue weighted by atomic mass is 35.5. The Balaban J connectivity index is 2.15. The number of hydrogen-bond acceptors (Lipinski definition) is 4. The van der Waals surface area contributed by atoms with Crippen LogP contribution in [0.15, 0.2) is 43.0 Å². The Morgan fingerprint density at radius 2 is 2.09 bits per heavy atom. The Hall–Kier alpha value is -2.66. The number of rotatable bonds is 2. The number of hydrogen-bond donors (Lipinski definition) is 0. The van der Waals surface area contributed by atoms with Crippen LogP contribution in [0.3, 0.4) is 0 Å².